The Morgan fingerprint density at radius 1 is 1.45 bits per heavy atom. The van der Waals surface area contributed by atoms with Gasteiger partial charge in [-0.1, -0.05) is 10.5 Å². The lowest BCUT2D eigenvalue weighted by Gasteiger charge is -2.18. The summed E-state index contributed by atoms with van der Waals surface area (Å²) in [5.41, 5.74) is -0.0935. The molecule has 0 aromatic heterocycles. The number of hydrogen-bond acceptors (Lipinski definition) is 7. The number of nitrogens with one attached hydrogen (secondary N) is 1. The second-order valence-corrected chi connectivity index (χ2v) is 9.30. The van der Waals surface area contributed by atoms with Gasteiger partial charge in [0.1, 0.15) is 6.42 Å². The summed E-state index contributed by atoms with van der Waals surface area (Å²) in [6.07, 6.45) is -0.718. The number of esters is 1. The van der Waals surface area contributed by atoms with Crippen molar-refractivity contribution in [1.29, 1.82) is 0 Å². The van der Waals surface area contributed by atoms with Gasteiger partial charge in [0.05, 0.1) is 14.7 Å². The first kappa shape index (κ1) is 17.1. The lowest BCUT2D eigenvalue weighted by Crippen LogP contribution is -2.31. The van der Waals surface area contributed by atoms with Crippen LogP contribution in [0.1, 0.15) is 20.3 Å². The van der Waals surface area contributed by atoms with Crippen LogP contribution >= 0.6 is 34.0 Å². The SMILES string of the molecule is CC(C)OC(=O)CC(=O)NC1=NC(C(=O)O)=CS1=C1SCS1. The van der Waals surface area contributed by atoms with E-state index in [0.717, 1.165) is 8.61 Å². The Bertz CT molecular complexity index is 618. The fourth-order valence-corrected chi connectivity index (χ4v) is 6.16. The Kier molecular flexibility index (Phi) is 5.70. The molecule has 7 nitrogen and oxygen atoms in total. The number of nitrogens with zero attached hydrogens (tertiary/aromatic N) is 1. The molecule has 1 fully saturated rings. The van der Waals surface area contributed by atoms with Crippen LogP contribution < -0.4 is 5.32 Å². The minimum Gasteiger partial charge on any atom is -0.476 e. The van der Waals surface area contributed by atoms with E-state index in [1.165, 1.54) is 5.41 Å². The van der Waals surface area contributed by atoms with Gasteiger partial charge in [0.2, 0.25) is 5.91 Å². The first-order valence-corrected chi connectivity index (χ1v) is 9.51. The van der Waals surface area contributed by atoms with Gasteiger partial charge in [0.25, 0.3) is 0 Å². The molecule has 0 bridgehead atoms. The largest absolute Gasteiger partial charge is 0.476 e. The van der Waals surface area contributed by atoms with E-state index in [0.29, 0.717) is 0 Å². The number of carboxylic acids is 1. The predicted octanol–water partition coefficient (Wildman–Crippen LogP) is 1.53. The zero-order valence-corrected chi connectivity index (χ0v) is 14.3. The normalized spacial score (nSPS) is 20.1. The Labute approximate surface area is 137 Å². The van der Waals surface area contributed by atoms with Crippen molar-refractivity contribution in [1.82, 2.24) is 5.32 Å². The van der Waals surface area contributed by atoms with Crippen LogP contribution in [0.25, 0.3) is 0 Å². The maximum atomic E-state index is 11.9. The second kappa shape index (κ2) is 7.34. The summed E-state index contributed by atoms with van der Waals surface area (Å²) in [5.74, 6) is -2.33. The van der Waals surface area contributed by atoms with Crippen molar-refractivity contribution >= 4 is 60.5 Å². The van der Waals surface area contributed by atoms with Gasteiger partial charge in [-0.25, -0.2) is 9.79 Å². The molecule has 2 N–H and O–H groups in total. The number of hydrogen-bond donors (Lipinski definition) is 2. The fourth-order valence-electron chi connectivity index (χ4n) is 1.49. The highest BCUT2D eigenvalue weighted by Crippen LogP contribution is 2.44. The molecule has 0 spiro atoms. The van der Waals surface area contributed by atoms with Crippen LogP contribution in [-0.2, 0) is 19.1 Å². The van der Waals surface area contributed by atoms with E-state index in [2.05, 4.69) is 10.3 Å². The summed E-state index contributed by atoms with van der Waals surface area (Å²) < 4.78 is 5.91. The van der Waals surface area contributed by atoms with Crippen molar-refractivity contribution in [2.45, 2.75) is 26.4 Å². The van der Waals surface area contributed by atoms with E-state index in [1.807, 2.05) is 0 Å². The standard InChI is InChI=1S/C12H14N2O5S3/c1-6(2)19-9(16)3-8(15)14-11-13-7(10(17)18)4-22(11)12-20-5-21-12/h4,6H,3,5H2,1-2H3,(H,17,18)(H,13,14,15). The summed E-state index contributed by atoms with van der Waals surface area (Å²) in [7, 11) is -0.654. The van der Waals surface area contributed by atoms with Crippen molar-refractivity contribution in [3.8, 4) is 0 Å². The first-order chi connectivity index (χ1) is 10.4. The number of carbonyl (C=O) groups is 3. The highest BCUT2D eigenvalue weighted by Gasteiger charge is 2.26. The van der Waals surface area contributed by atoms with Gasteiger partial charge in [-0.2, -0.15) is 0 Å². The molecule has 2 aliphatic heterocycles. The molecule has 0 saturated carbocycles. The number of rotatable bonds is 4. The molecule has 0 aromatic rings. The quantitative estimate of drug-likeness (QED) is 0.444. The van der Waals surface area contributed by atoms with Crippen molar-refractivity contribution in [2.75, 3.05) is 5.08 Å². The molecule has 0 aliphatic carbocycles. The van der Waals surface area contributed by atoms with Crippen LogP contribution in [0.5, 0.6) is 0 Å². The molecule has 1 atom stereocenters. The fraction of sp³-hybridized carbons (Fsp3) is 0.417. The lowest BCUT2D eigenvalue weighted by atomic mass is 10.4. The molecule has 10 heteroatoms. The zero-order chi connectivity index (χ0) is 16.3. The van der Waals surface area contributed by atoms with E-state index in [9.17, 15) is 14.4 Å². The predicted molar refractivity (Wildman–Crippen MR) is 89.8 cm³/mol. The third-order valence-corrected chi connectivity index (χ3v) is 7.66. The molecule has 1 unspecified atom stereocenters. The molecule has 1 saturated heterocycles. The lowest BCUT2D eigenvalue weighted by molar-refractivity contribution is -0.149. The van der Waals surface area contributed by atoms with Gasteiger partial charge in [-0.05, 0) is 13.8 Å². The van der Waals surface area contributed by atoms with Crippen molar-refractivity contribution in [2.24, 2.45) is 4.99 Å². The van der Waals surface area contributed by atoms with Gasteiger partial charge in [-0.15, -0.1) is 23.5 Å². The highest BCUT2D eigenvalue weighted by molar-refractivity contribution is 8.66. The zero-order valence-electron chi connectivity index (χ0n) is 11.8. The monoisotopic (exact) mass is 362 g/mol. The van der Waals surface area contributed by atoms with Gasteiger partial charge in [-0.3, -0.25) is 9.59 Å². The Balaban J connectivity index is 2.05. The number of thioether (sulfide) groups is 2. The average Bonchev–Trinajstić information content (AvgIpc) is 2.69. The maximum absolute atomic E-state index is 11.9. The number of carbonyl (C=O) groups excluding carboxylic acids is 2. The number of carboxylic acid groups (broad SMARTS) is 1. The number of aliphatic imine (C=N–C) groups is 1. The summed E-state index contributed by atoms with van der Waals surface area (Å²) in [4.78, 5) is 38.3. The molecule has 2 heterocycles. The molecule has 120 valence electrons. The third kappa shape index (κ3) is 4.37. The van der Waals surface area contributed by atoms with E-state index in [1.54, 1.807) is 37.4 Å². The van der Waals surface area contributed by atoms with Gasteiger partial charge < -0.3 is 15.2 Å². The van der Waals surface area contributed by atoms with Gasteiger partial charge in [0, 0.05) is 5.41 Å². The molecule has 1 amide bonds. The molecule has 2 aliphatic rings. The van der Waals surface area contributed by atoms with E-state index < -0.39 is 34.8 Å². The number of amides is 1. The van der Waals surface area contributed by atoms with Crippen molar-refractivity contribution < 1.29 is 24.2 Å². The highest BCUT2D eigenvalue weighted by atomic mass is 32.3. The molecular weight excluding hydrogens is 348 g/mol. The first-order valence-electron chi connectivity index (χ1n) is 6.25. The Hall–Kier alpha value is -1.26. The number of aliphatic carboxylic acids is 1. The minimum absolute atomic E-state index is 0.0935. The smallest absolute Gasteiger partial charge is 0.355 e. The van der Waals surface area contributed by atoms with Crippen molar-refractivity contribution in [3.05, 3.63) is 11.1 Å². The van der Waals surface area contributed by atoms with Crippen LogP contribution in [0.15, 0.2) is 16.1 Å². The third-order valence-electron chi connectivity index (χ3n) is 2.33. The van der Waals surface area contributed by atoms with E-state index in [-0.39, 0.29) is 17.0 Å². The second-order valence-electron chi connectivity index (χ2n) is 4.48. The minimum atomic E-state index is -1.14. The number of amidine groups is 1. The topological polar surface area (TPSA) is 105 Å². The van der Waals surface area contributed by atoms with Crippen molar-refractivity contribution in [3.63, 3.8) is 0 Å². The Morgan fingerprint density at radius 3 is 2.64 bits per heavy atom. The molecule has 22 heavy (non-hydrogen) atoms. The van der Waals surface area contributed by atoms with Crippen LogP contribution in [0.2, 0.25) is 0 Å². The summed E-state index contributed by atoms with van der Waals surface area (Å²) in [6.45, 7) is 3.39. The van der Waals surface area contributed by atoms with Crippen LogP contribution in [0.3, 0.4) is 0 Å². The molecule has 2 rings (SSSR count). The molecular formula is C12H14N2O5S3. The van der Waals surface area contributed by atoms with Crippen LogP contribution in [0, 0.1) is 0 Å². The molecule has 0 aromatic carbocycles. The maximum Gasteiger partial charge on any atom is 0.355 e. The van der Waals surface area contributed by atoms with Crippen LogP contribution in [0.4, 0.5) is 0 Å². The average molecular weight is 362 g/mol. The van der Waals surface area contributed by atoms with Crippen LogP contribution in [-0.4, -0.2) is 42.8 Å². The number of ether oxygens (including phenoxy) is 1. The summed E-state index contributed by atoms with van der Waals surface area (Å²) in [5, 5.41) is 14.2. The van der Waals surface area contributed by atoms with E-state index >= 15 is 0 Å². The summed E-state index contributed by atoms with van der Waals surface area (Å²) >= 11 is 3.20. The molecule has 0 radical (unpaired) electrons. The van der Waals surface area contributed by atoms with Gasteiger partial charge >= 0.3 is 11.9 Å². The summed E-state index contributed by atoms with van der Waals surface area (Å²) in [6, 6.07) is 0. The van der Waals surface area contributed by atoms with Gasteiger partial charge in [0.15, 0.2) is 10.9 Å². The van der Waals surface area contributed by atoms with E-state index in [4.69, 9.17) is 9.84 Å². The Morgan fingerprint density at radius 2 is 2.14 bits per heavy atom.